The Kier molecular flexibility index (Phi) is 6.12. The first kappa shape index (κ1) is 23.9. The van der Waals surface area contributed by atoms with Crippen LogP contribution in [0.3, 0.4) is 0 Å². The highest BCUT2D eigenvalue weighted by Crippen LogP contribution is 2.36. The number of aromatic nitrogens is 3. The van der Waals surface area contributed by atoms with E-state index in [1.54, 1.807) is 15.9 Å². The summed E-state index contributed by atoms with van der Waals surface area (Å²) in [6.45, 7) is 5.37. The molecule has 0 bridgehead atoms. The van der Waals surface area contributed by atoms with Crippen molar-refractivity contribution >= 4 is 45.6 Å². The smallest absolute Gasteiger partial charge is 0.410 e. The van der Waals surface area contributed by atoms with Crippen molar-refractivity contribution in [1.82, 2.24) is 19.4 Å². The maximum atomic E-state index is 13.7. The summed E-state index contributed by atoms with van der Waals surface area (Å²) in [6.07, 6.45) is 3.22. The zero-order valence-electron chi connectivity index (χ0n) is 20.5. The van der Waals surface area contributed by atoms with E-state index in [1.165, 1.54) is 0 Å². The molecule has 2 aliphatic rings. The van der Waals surface area contributed by atoms with E-state index >= 15 is 0 Å². The fourth-order valence-electron chi connectivity index (χ4n) is 5.16. The molecule has 0 aliphatic carbocycles. The van der Waals surface area contributed by atoms with Gasteiger partial charge in [-0.15, -0.1) is 11.3 Å². The Labute approximate surface area is 222 Å². The van der Waals surface area contributed by atoms with Gasteiger partial charge in [-0.1, -0.05) is 23.7 Å². The number of nitrogens with one attached hydrogen (secondary N) is 1. The van der Waals surface area contributed by atoms with Gasteiger partial charge in [-0.25, -0.2) is 14.8 Å². The maximum absolute atomic E-state index is 13.7. The molecule has 2 aliphatic heterocycles. The molecule has 190 valence electrons. The molecular weight excluding hydrogens is 510 g/mol. The predicted octanol–water partition coefficient (Wildman–Crippen LogP) is 5.23. The summed E-state index contributed by atoms with van der Waals surface area (Å²) in [4.78, 5) is 38.0. The van der Waals surface area contributed by atoms with Gasteiger partial charge in [0.15, 0.2) is 0 Å². The van der Waals surface area contributed by atoms with Crippen LogP contribution in [0.5, 0.6) is 0 Å². The number of hydrogen-bond acceptors (Lipinski definition) is 7. The van der Waals surface area contributed by atoms with E-state index in [4.69, 9.17) is 21.3 Å². The van der Waals surface area contributed by atoms with Crippen LogP contribution in [0.25, 0.3) is 21.5 Å². The average molecular weight is 536 g/mol. The van der Waals surface area contributed by atoms with Crippen LogP contribution in [0.4, 0.5) is 10.5 Å². The molecule has 0 radical (unpaired) electrons. The highest BCUT2D eigenvalue weighted by molar-refractivity contribution is 7.15. The SMILES string of the molecule is Cc1cnc(-c2cc3nc(C)n(Cc4ccc(Cl)cc4)c(=O)c3cc2N[C@H]2CCN3C(=O)OC[C@@H]3C2)s1. The van der Waals surface area contributed by atoms with Crippen LogP contribution in [-0.4, -0.2) is 50.8 Å². The van der Waals surface area contributed by atoms with Crippen LogP contribution < -0.4 is 10.9 Å². The minimum absolute atomic E-state index is 0.0747. The molecule has 10 heteroatoms. The molecule has 4 aromatic rings. The summed E-state index contributed by atoms with van der Waals surface area (Å²) in [7, 11) is 0. The van der Waals surface area contributed by atoms with Gasteiger partial charge in [-0.2, -0.15) is 0 Å². The van der Waals surface area contributed by atoms with E-state index in [0.717, 1.165) is 39.5 Å². The summed E-state index contributed by atoms with van der Waals surface area (Å²) in [5.41, 5.74) is 3.31. The third kappa shape index (κ3) is 4.57. The second-order valence-corrected chi connectivity index (χ2v) is 11.3. The van der Waals surface area contributed by atoms with Gasteiger partial charge < -0.3 is 15.0 Å². The fraction of sp³-hybridized carbons (Fsp3) is 0.333. The topological polar surface area (TPSA) is 89.4 Å². The molecule has 0 saturated carbocycles. The zero-order chi connectivity index (χ0) is 25.7. The number of carbonyl (C=O) groups excluding carboxylic acids is 1. The van der Waals surface area contributed by atoms with E-state index in [9.17, 15) is 9.59 Å². The molecule has 2 saturated heterocycles. The summed E-state index contributed by atoms with van der Waals surface area (Å²) < 4.78 is 6.94. The number of hydrogen-bond donors (Lipinski definition) is 1. The quantitative estimate of drug-likeness (QED) is 0.376. The largest absolute Gasteiger partial charge is 0.447 e. The van der Waals surface area contributed by atoms with Crippen LogP contribution in [0.1, 0.15) is 29.1 Å². The number of benzene rings is 2. The zero-order valence-corrected chi connectivity index (χ0v) is 22.1. The summed E-state index contributed by atoms with van der Waals surface area (Å²) >= 11 is 7.65. The Morgan fingerprint density at radius 2 is 2.00 bits per heavy atom. The molecule has 1 amide bonds. The summed E-state index contributed by atoms with van der Waals surface area (Å²) in [5.74, 6) is 0.646. The molecule has 2 atom stereocenters. The molecule has 2 fully saturated rings. The fourth-order valence-corrected chi connectivity index (χ4v) is 6.08. The third-order valence-electron chi connectivity index (χ3n) is 7.10. The summed E-state index contributed by atoms with van der Waals surface area (Å²) in [5, 5.41) is 5.76. The normalized spacial score (nSPS) is 19.2. The predicted molar refractivity (Wildman–Crippen MR) is 146 cm³/mol. The molecule has 0 spiro atoms. The van der Waals surface area contributed by atoms with Gasteiger partial charge in [-0.3, -0.25) is 9.36 Å². The first-order chi connectivity index (χ1) is 17.9. The molecule has 2 aromatic heterocycles. The second-order valence-electron chi connectivity index (χ2n) is 9.66. The lowest BCUT2D eigenvalue weighted by Gasteiger charge is -2.33. The lowest BCUT2D eigenvalue weighted by atomic mass is 9.97. The summed E-state index contributed by atoms with van der Waals surface area (Å²) in [6, 6.07) is 11.6. The highest BCUT2D eigenvalue weighted by atomic mass is 35.5. The highest BCUT2D eigenvalue weighted by Gasteiger charge is 2.38. The standard InChI is InChI=1S/C27H26ClN5O3S/c1-15-12-29-25(37-15)21-10-24-22(11-23(21)31-19-7-8-32-20(9-19)14-36-27(32)35)26(34)33(16(2)30-24)13-17-3-5-18(28)6-4-17/h3-6,10-12,19-20,31H,7-9,13-14H2,1-2H3/t19-,20-/m0/s1. The van der Waals surface area contributed by atoms with Gasteiger partial charge in [0.1, 0.15) is 17.4 Å². The van der Waals surface area contributed by atoms with Crippen LogP contribution >= 0.6 is 22.9 Å². The third-order valence-corrected chi connectivity index (χ3v) is 8.30. The number of nitrogens with zero attached hydrogens (tertiary/aromatic N) is 4. The van der Waals surface area contributed by atoms with Crippen molar-refractivity contribution in [3.8, 4) is 10.6 Å². The molecule has 6 rings (SSSR count). The number of aryl methyl sites for hydroxylation is 2. The molecule has 4 heterocycles. The van der Waals surface area contributed by atoms with Crippen molar-refractivity contribution in [1.29, 1.82) is 0 Å². The van der Waals surface area contributed by atoms with E-state index in [1.807, 2.05) is 61.3 Å². The van der Waals surface area contributed by atoms with E-state index < -0.39 is 0 Å². The van der Waals surface area contributed by atoms with Crippen LogP contribution in [0.2, 0.25) is 5.02 Å². The minimum atomic E-state index is -0.226. The van der Waals surface area contributed by atoms with Crippen molar-refractivity contribution in [2.75, 3.05) is 18.5 Å². The number of ether oxygens (including phenoxy) is 1. The first-order valence-corrected chi connectivity index (χ1v) is 13.5. The Bertz CT molecular complexity index is 1570. The van der Waals surface area contributed by atoms with Crippen molar-refractivity contribution in [2.24, 2.45) is 0 Å². The van der Waals surface area contributed by atoms with Crippen molar-refractivity contribution < 1.29 is 9.53 Å². The number of thiazole rings is 1. The van der Waals surface area contributed by atoms with Gasteiger partial charge >= 0.3 is 6.09 Å². The van der Waals surface area contributed by atoms with Crippen molar-refractivity contribution in [3.05, 3.63) is 74.2 Å². The number of anilines is 1. The monoisotopic (exact) mass is 535 g/mol. The number of carbonyl (C=O) groups is 1. The number of fused-ring (bicyclic) bond motifs is 2. The first-order valence-electron chi connectivity index (χ1n) is 12.3. The molecule has 37 heavy (non-hydrogen) atoms. The van der Waals surface area contributed by atoms with Crippen LogP contribution in [0.15, 0.2) is 47.4 Å². The van der Waals surface area contributed by atoms with E-state index in [0.29, 0.717) is 41.4 Å². The van der Waals surface area contributed by atoms with Gasteiger partial charge in [0.2, 0.25) is 0 Å². The molecular formula is C27H26ClN5O3S. The molecule has 8 nitrogen and oxygen atoms in total. The second kappa shape index (κ2) is 9.46. The molecule has 1 N–H and O–H groups in total. The van der Waals surface area contributed by atoms with Crippen molar-refractivity contribution in [3.63, 3.8) is 0 Å². The molecule has 2 aromatic carbocycles. The average Bonchev–Trinajstić information content (AvgIpc) is 3.48. The van der Waals surface area contributed by atoms with Gasteiger partial charge in [0.05, 0.1) is 23.5 Å². The number of rotatable bonds is 5. The van der Waals surface area contributed by atoms with E-state index in [-0.39, 0.29) is 23.7 Å². The number of cyclic esters (lactones) is 1. The van der Waals surface area contributed by atoms with Crippen molar-refractivity contribution in [2.45, 2.75) is 45.3 Å². The van der Waals surface area contributed by atoms with Gasteiger partial charge in [-0.05, 0) is 56.5 Å². The Morgan fingerprint density at radius 3 is 2.76 bits per heavy atom. The molecule has 0 unspecified atom stereocenters. The maximum Gasteiger partial charge on any atom is 0.410 e. The van der Waals surface area contributed by atoms with E-state index in [2.05, 4.69) is 10.3 Å². The van der Waals surface area contributed by atoms with Crippen LogP contribution in [0, 0.1) is 13.8 Å². The minimum Gasteiger partial charge on any atom is -0.447 e. The number of halogens is 1. The lowest BCUT2D eigenvalue weighted by Crippen LogP contribution is -2.45. The lowest BCUT2D eigenvalue weighted by molar-refractivity contribution is 0.153. The van der Waals surface area contributed by atoms with Crippen LogP contribution in [-0.2, 0) is 11.3 Å². The Hall–Kier alpha value is -3.43. The Morgan fingerprint density at radius 1 is 1.19 bits per heavy atom. The van der Waals surface area contributed by atoms with Gasteiger partial charge in [0.25, 0.3) is 5.56 Å². The van der Waals surface area contributed by atoms with Gasteiger partial charge in [0, 0.05) is 39.9 Å². The number of piperidine rings is 1. The number of amides is 1. The Balaban J connectivity index is 1.41.